The van der Waals surface area contributed by atoms with E-state index in [1.807, 2.05) is 0 Å². The highest BCUT2D eigenvalue weighted by atomic mass is 32.1. The molecular weight excluding hydrogens is 563 g/mol. The standard InChI is InChI=1S/C27H28F3N5O5S/c1-3-40-26(39)22(23(37)17-7-5-4-6-8-17)24(38)31-20-15-41-25(32-20)18-9-11-34(12-10-18)21(36)14-35-16(2)13-19(33-35)27(28,29)30/h4-8,13,15,18,22H,3,9-12,14H2,1-2H3,(H,31,38). The molecule has 1 aromatic carbocycles. The predicted octanol–water partition coefficient (Wildman–Crippen LogP) is 4.07. The first-order chi connectivity index (χ1) is 19.5. The van der Waals surface area contributed by atoms with Crippen molar-refractivity contribution in [2.24, 2.45) is 5.92 Å². The molecule has 0 bridgehead atoms. The second-order valence-corrected chi connectivity index (χ2v) is 10.3. The molecule has 4 rings (SSSR count). The third kappa shape index (κ3) is 7.17. The molecular formula is C27H28F3N5O5S. The Bertz CT molecular complexity index is 1410. The largest absolute Gasteiger partial charge is 0.465 e. The number of hydrogen-bond donors (Lipinski definition) is 1. The van der Waals surface area contributed by atoms with E-state index in [0.29, 0.717) is 30.9 Å². The monoisotopic (exact) mass is 591 g/mol. The number of thiazole rings is 1. The fraction of sp³-hybridized carbons (Fsp3) is 0.407. The number of piperidine rings is 1. The third-order valence-corrected chi connectivity index (χ3v) is 7.64. The Kier molecular flexibility index (Phi) is 9.21. The minimum Gasteiger partial charge on any atom is -0.465 e. The van der Waals surface area contributed by atoms with E-state index in [2.05, 4.69) is 15.4 Å². The van der Waals surface area contributed by atoms with E-state index in [1.165, 1.54) is 30.4 Å². The number of rotatable bonds is 9. The number of aryl methyl sites for hydroxylation is 1. The molecule has 0 spiro atoms. The first-order valence-corrected chi connectivity index (χ1v) is 13.8. The highest BCUT2D eigenvalue weighted by molar-refractivity contribution is 7.10. The van der Waals surface area contributed by atoms with Gasteiger partial charge in [-0.05, 0) is 32.8 Å². The number of nitrogens with zero attached hydrogens (tertiary/aromatic N) is 4. The van der Waals surface area contributed by atoms with Gasteiger partial charge in [0.2, 0.25) is 11.8 Å². The number of anilines is 1. The van der Waals surface area contributed by atoms with E-state index in [4.69, 9.17) is 4.74 Å². The minimum atomic E-state index is -4.58. The summed E-state index contributed by atoms with van der Waals surface area (Å²) in [5.74, 6) is -4.33. The molecule has 3 heterocycles. The number of ether oxygens (including phenoxy) is 1. The zero-order chi connectivity index (χ0) is 29.7. The van der Waals surface area contributed by atoms with Crippen LogP contribution in [0.15, 0.2) is 41.8 Å². The van der Waals surface area contributed by atoms with E-state index in [9.17, 15) is 32.3 Å². The number of ketones is 1. The summed E-state index contributed by atoms with van der Waals surface area (Å²) in [6.45, 7) is 3.52. The van der Waals surface area contributed by atoms with Crippen molar-refractivity contribution in [3.8, 4) is 0 Å². The summed E-state index contributed by atoms with van der Waals surface area (Å²) >= 11 is 1.30. The summed E-state index contributed by atoms with van der Waals surface area (Å²) in [5, 5.41) is 8.39. The number of carbonyl (C=O) groups is 4. The Morgan fingerprint density at radius 2 is 1.83 bits per heavy atom. The Morgan fingerprint density at radius 3 is 2.44 bits per heavy atom. The van der Waals surface area contributed by atoms with Gasteiger partial charge in [-0.3, -0.25) is 23.9 Å². The van der Waals surface area contributed by atoms with Gasteiger partial charge in [0, 0.05) is 35.6 Å². The second kappa shape index (κ2) is 12.6. The first-order valence-electron chi connectivity index (χ1n) is 12.9. The van der Waals surface area contributed by atoms with E-state index >= 15 is 0 Å². The quantitative estimate of drug-likeness (QED) is 0.226. The van der Waals surface area contributed by atoms with Crippen LogP contribution in [0.5, 0.6) is 0 Å². The van der Waals surface area contributed by atoms with Crippen LogP contribution in [0.3, 0.4) is 0 Å². The molecule has 218 valence electrons. The van der Waals surface area contributed by atoms with Crippen LogP contribution < -0.4 is 5.32 Å². The van der Waals surface area contributed by atoms with E-state index in [1.54, 1.807) is 35.4 Å². The highest BCUT2D eigenvalue weighted by Crippen LogP contribution is 2.32. The average molecular weight is 592 g/mol. The summed E-state index contributed by atoms with van der Waals surface area (Å²) < 4.78 is 44.8. The predicted molar refractivity (Wildman–Crippen MR) is 142 cm³/mol. The number of hydrogen-bond acceptors (Lipinski definition) is 8. The molecule has 1 fully saturated rings. The lowest BCUT2D eigenvalue weighted by molar-refractivity contribution is -0.148. The molecule has 41 heavy (non-hydrogen) atoms. The van der Waals surface area contributed by atoms with E-state index in [-0.39, 0.29) is 42.1 Å². The van der Waals surface area contributed by atoms with Gasteiger partial charge in [0.25, 0.3) is 0 Å². The number of Topliss-reactive ketones (excluding diaryl/α,β-unsaturated/α-hetero) is 1. The van der Waals surface area contributed by atoms with Gasteiger partial charge in [0.05, 0.1) is 11.6 Å². The fourth-order valence-corrected chi connectivity index (χ4v) is 5.39. The normalized spacial score (nSPS) is 14.9. The molecule has 3 aromatic rings. The molecule has 1 saturated heterocycles. The molecule has 1 N–H and O–H groups in total. The van der Waals surface area contributed by atoms with Crippen molar-refractivity contribution in [1.82, 2.24) is 19.7 Å². The Labute approximate surface area is 237 Å². The number of likely N-dealkylation sites (tertiary alicyclic amines) is 1. The molecule has 14 heteroatoms. The van der Waals surface area contributed by atoms with Crippen LogP contribution in [0.25, 0.3) is 0 Å². The lowest BCUT2D eigenvalue weighted by atomic mass is 9.96. The van der Waals surface area contributed by atoms with Crippen LogP contribution >= 0.6 is 11.3 Å². The molecule has 1 unspecified atom stereocenters. The maximum Gasteiger partial charge on any atom is 0.435 e. The summed E-state index contributed by atoms with van der Waals surface area (Å²) in [6.07, 6.45) is -3.45. The summed E-state index contributed by atoms with van der Waals surface area (Å²) in [5.41, 5.74) is -0.593. The number of nitrogens with one attached hydrogen (secondary N) is 1. The Hall–Kier alpha value is -4.07. The van der Waals surface area contributed by atoms with Crippen LogP contribution in [-0.4, -0.2) is 62.9 Å². The molecule has 2 amide bonds. The molecule has 1 aliphatic heterocycles. The number of aromatic nitrogens is 3. The zero-order valence-electron chi connectivity index (χ0n) is 22.3. The second-order valence-electron chi connectivity index (χ2n) is 9.46. The van der Waals surface area contributed by atoms with E-state index in [0.717, 1.165) is 10.7 Å². The molecule has 0 aliphatic carbocycles. The van der Waals surface area contributed by atoms with Gasteiger partial charge in [0.15, 0.2) is 17.4 Å². The molecule has 1 atom stereocenters. The molecule has 10 nitrogen and oxygen atoms in total. The van der Waals surface area contributed by atoms with E-state index < -0.39 is 35.4 Å². The number of alkyl halides is 3. The van der Waals surface area contributed by atoms with Gasteiger partial charge in [0.1, 0.15) is 12.4 Å². The lowest BCUT2D eigenvalue weighted by Crippen LogP contribution is -2.40. The van der Waals surface area contributed by atoms with Gasteiger partial charge in [-0.15, -0.1) is 11.3 Å². The minimum absolute atomic E-state index is 0.00286. The van der Waals surface area contributed by atoms with Gasteiger partial charge in [-0.2, -0.15) is 18.3 Å². The Morgan fingerprint density at radius 1 is 1.15 bits per heavy atom. The molecule has 0 radical (unpaired) electrons. The molecule has 1 aliphatic rings. The number of halogens is 3. The SMILES string of the molecule is CCOC(=O)C(C(=O)Nc1csc(C2CCN(C(=O)Cn3nc(C(F)(F)F)cc3C)CC2)n1)C(=O)c1ccccc1. The molecule has 0 saturated carbocycles. The van der Waals surface area contributed by atoms with Crippen molar-refractivity contribution in [3.05, 3.63) is 63.7 Å². The van der Waals surface area contributed by atoms with Gasteiger partial charge in [-0.25, -0.2) is 4.98 Å². The highest BCUT2D eigenvalue weighted by Gasteiger charge is 2.37. The Balaban J connectivity index is 1.35. The van der Waals surface area contributed by atoms with Crippen molar-refractivity contribution >= 4 is 40.7 Å². The van der Waals surface area contributed by atoms with Crippen LogP contribution in [0.1, 0.15) is 52.4 Å². The summed E-state index contributed by atoms with van der Waals surface area (Å²) in [4.78, 5) is 57.2. The van der Waals surface area contributed by atoms with Crippen LogP contribution in [0, 0.1) is 12.8 Å². The first kappa shape index (κ1) is 29.9. The number of benzene rings is 1. The van der Waals surface area contributed by atoms with Crippen LogP contribution in [0.2, 0.25) is 0 Å². The van der Waals surface area contributed by atoms with Crippen molar-refractivity contribution in [2.45, 2.75) is 45.3 Å². The maximum atomic E-state index is 13.0. The van der Waals surface area contributed by atoms with Gasteiger partial charge in [-0.1, -0.05) is 30.3 Å². The summed E-state index contributed by atoms with van der Waals surface area (Å²) in [6, 6.07) is 8.89. The van der Waals surface area contributed by atoms with Crippen LogP contribution in [-0.2, 0) is 31.8 Å². The summed E-state index contributed by atoms with van der Waals surface area (Å²) in [7, 11) is 0. The van der Waals surface area contributed by atoms with Crippen molar-refractivity contribution < 1.29 is 37.1 Å². The maximum absolute atomic E-state index is 13.0. The van der Waals surface area contributed by atoms with Crippen molar-refractivity contribution in [3.63, 3.8) is 0 Å². The molecule has 2 aromatic heterocycles. The van der Waals surface area contributed by atoms with Gasteiger partial charge >= 0.3 is 12.1 Å². The number of amides is 2. The average Bonchev–Trinajstić information content (AvgIpc) is 3.56. The van der Waals surface area contributed by atoms with Crippen molar-refractivity contribution in [1.29, 1.82) is 0 Å². The number of esters is 1. The zero-order valence-corrected chi connectivity index (χ0v) is 23.1. The number of carbonyl (C=O) groups excluding carboxylic acids is 4. The smallest absolute Gasteiger partial charge is 0.435 e. The third-order valence-electron chi connectivity index (χ3n) is 6.63. The fourth-order valence-electron chi connectivity index (χ4n) is 4.47. The van der Waals surface area contributed by atoms with Crippen LogP contribution in [0.4, 0.5) is 19.0 Å². The van der Waals surface area contributed by atoms with Gasteiger partial charge < -0.3 is 15.0 Å². The lowest BCUT2D eigenvalue weighted by Gasteiger charge is -2.31. The van der Waals surface area contributed by atoms with Crippen molar-refractivity contribution in [2.75, 3.05) is 25.0 Å². The topological polar surface area (TPSA) is 123 Å².